The van der Waals surface area contributed by atoms with Crippen molar-refractivity contribution in [3.05, 3.63) is 30.5 Å². The minimum atomic E-state index is 0.510. The van der Waals surface area contributed by atoms with Gasteiger partial charge >= 0.3 is 0 Å². The number of aromatic nitrogens is 2. The molecule has 1 aliphatic heterocycles. The minimum Gasteiger partial charge on any atom is -0.366 e. The average molecular weight is 242 g/mol. The van der Waals surface area contributed by atoms with Crippen molar-refractivity contribution < 1.29 is 0 Å². The first kappa shape index (κ1) is 11.4. The third kappa shape index (κ3) is 2.59. The van der Waals surface area contributed by atoms with Gasteiger partial charge in [0.25, 0.3) is 0 Å². The van der Waals surface area contributed by atoms with Gasteiger partial charge in [-0.1, -0.05) is 12.1 Å². The Balaban J connectivity index is 1.77. The highest BCUT2D eigenvalue weighted by atomic mass is 15.0. The summed E-state index contributed by atoms with van der Waals surface area (Å²) in [6.07, 6.45) is 5.40. The predicted molar refractivity (Wildman–Crippen MR) is 73.7 cm³/mol. The first-order chi connectivity index (χ1) is 8.92. The van der Waals surface area contributed by atoms with Crippen LogP contribution in [-0.2, 0) is 0 Å². The van der Waals surface area contributed by atoms with E-state index in [1.807, 2.05) is 30.5 Å². The summed E-state index contributed by atoms with van der Waals surface area (Å²) in [6, 6.07) is 8.48. The monoisotopic (exact) mass is 242 g/mol. The molecule has 1 aromatic heterocycles. The molecule has 0 radical (unpaired) electrons. The first-order valence-electron chi connectivity index (χ1n) is 6.61. The first-order valence-corrected chi connectivity index (χ1v) is 6.61. The Bertz CT molecular complexity index is 518. The molecule has 4 nitrogen and oxygen atoms in total. The summed E-state index contributed by atoms with van der Waals surface area (Å²) < 4.78 is 0. The van der Waals surface area contributed by atoms with Crippen LogP contribution in [0.1, 0.15) is 19.3 Å². The number of hydrogen-bond acceptors (Lipinski definition) is 4. The molecule has 1 fully saturated rings. The maximum absolute atomic E-state index is 4.61. The van der Waals surface area contributed by atoms with Gasteiger partial charge in [0.2, 0.25) is 0 Å². The second kappa shape index (κ2) is 5.31. The van der Waals surface area contributed by atoms with E-state index in [4.69, 9.17) is 0 Å². The molecule has 0 saturated carbocycles. The van der Waals surface area contributed by atoms with Crippen molar-refractivity contribution in [2.24, 2.45) is 0 Å². The molecule has 1 atom stereocenters. The molecule has 2 N–H and O–H groups in total. The molecular weight excluding hydrogens is 224 g/mol. The van der Waals surface area contributed by atoms with Gasteiger partial charge in [0, 0.05) is 6.04 Å². The van der Waals surface area contributed by atoms with Crippen molar-refractivity contribution in [2.75, 3.05) is 18.4 Å². The van der Waals surface area contributed by atoms with E-state index in [2.05, 4.69) is 20.6 Å². The summed E-state index contributed by atoms with van der Waals surface area (Å²) in [5.74, 6) is 0.889. The zero-order chi connectivity index (χ0) is 12.2. The Morgan fingerprint density at radius 3 is 2.94 bits per heavy atom. The molecule has 1 unspecified atom stereocenters. The van der Waals surface area contributed by atoms with Crippen LogP contribution < -0.4 is 10.6 Å². The third-order valence-corrected chi connectivity index (χ3v) is 3.38. The molecule has 4 heteroatoms. The molecule has 0 spiro atoms. The second-order valence-corrected chi connectivity index (χ2v) is 4.77. The van der Waals surface area contributed by atoms with Crippen molar-refractivity contribution in [3.8, 4) is 0 Å². The molecular formula is C14H18N4. The van der Waals surface area contributed by atoms with Crippen molar-refractivity contribution in [1.82, 2.24) is 15.3 Å². The summed E-state index contributed by atoms with van der Waals surface area (Å²) in [6.45, 7) is 2.21. The van der Waals surface area contributed by atoms with Crippen LogP contribution in [0.4, 0.5) is 5.82 Å². The lowest BCUT2D eigenvalue weighted by Crippen LogP contribution is -2.22. The van der Waals surface area contributed by atoms with Gasteiger partial charge in [-0.3, -0.25) is 4.98 Å². The second-order valence-electron chi connectivity index (χ2n) is 4.77. The smallest absolute Gasteiger partial charge is 0.145 e. The van der Waals surface area contributed by atoms with Crippen molar-refractivity contribution in [1.29, 1.82) is 0 Å². The van der Waals surface area contributed by atoms with E-state index in [0.717, 1.165) is 36.4 Å². The molecule has 3 rings (SSSR count). The molecule has 2 aromatic rings. The van der Waals surface area contributed by atoms with E-state index >= 15 is 0 Å². The normalized spacial score (nSPS) is 20.6. The maximum atomic E-state index is 4.61. The van der Waals surface area contributed by atoms with Crippen LogP contribution in [0.3, 0.4) is 0 Å². The summed E-state index contributed by atoms with van der Waals surface area (Å²) in [5, 5.41) is 6.92. The summed E-state index contributed by atoms with van der Waals surface area (Å²) >= 11 is 0. The van der Waals surface area contributed by atoms with E-state index < -0.39 is 0 Å². The van der Waals surface area contributed by atoms with Gasteiger partial charge in [0.05, 0.1) is 17.2 Å². The Morgan fingerprint density at radius 2 is 2.00 bits per heavy atom. The van der Waals surface area contributed by atoms with Crippen LogP contribution in [0.15, 0.2) is 30.5 Å². The molecule has 1 aromatic carbocycles. The Hall–Kier alpha value is -1.68. The molecule has 0 aliphatic carbocycles. The topological polar surface area (TPSA) is 49.8 Å². The zero-order valence-electron chi connectivity index (χ0n) is 10.4. The molecule has 0 amide bonds. The fourth-order valence-electron chi connectivity index (χ4n) is 2.40. The molecule has 18 heavy (non-hydrogen) atoms. The van der Waals surface area contributed by atoms with Gasteiger partial charge in [-0.25, -0.2) is 4.98 Å². The number of nitrogens with one attached hydrogen (secondary N) is 2. The highest BCUT2D eigenvalue weighted by molar-refractivity contribution is 5.75. The number of benzene rings is 1. The Morgan fingerprint density at radius 1 is 1.11 bits per heavy atom. The van der Waals surface area contributed by atoms with Gasteiger partial charge in [-0.15, -0.1) is 0 Å². The highest BCUT2D eigenvalue weighted by Crippen LogP contribution is 2.15. The van der Waals surface area contributed by atoms with Gasteiger partial charge in [0.1, 0.15) is 5.82 Å². The molecule has 2 heterocycles. The molecule has 1 aliphatic rings. The quantitative estimate of drug-likeness (QED) is 0.847. The van der Waals surface area contributed by atoms with E-state index in [-0.39, 0.29) is 0 Å². The minimum absolute atomic E-state index is 0.510. The summed E-state index contributed by atoms with van der Waals surface area (Å²) in [5.41, 5.74) is 1.90. The lowest BCUT2D eigenvalue weighted by molar-refractivity contribution is 0.635. The van der Waals surface area contributed by atoms with Gasteiger partial charge in [-0.05, 0) is 44.5 Å². The van der Waals surface area contributed by atoms with E-state index in [1.54, 1.807) is 0 Å². The molecule has 0 bridgehead atoms. The third-order valence-electron chi connectivity index (χ3n) is 3.38. The standard InChI is InChI=1S/C14H18N4/c1-2-6-13-12(5-1)16-10-14(18-13)17-11-4-3-8-15-9-7-11/h1-2,5-6,10-11,15H,3-4,7-9H2,(H,17,18). The predicted octanol–water partition coefficient (Wildman–Crippen LogP) is 2.18. The lowest BCUT2D eigenvalue weighted by Gasteiger charge is -2.16. The Kier molecular flexibility index (Phi) is 3.37. The number of anilines is 1. The molecule has 1 saturated heterocycles. The van der Waals surface area contributed by atoms with Gasteiger partial charge in [-0.2, -0.15) is 0 Å². The fraction of sp³-hybridized carbons (Fsp3) is 0.429. The van der Waals surface area contributed by atoms with Crippen LogP contribution in [0.5, 0.6) is 0 Å². The largest absolute Gasteiger partial charge is 0.366 e. The van der Waals surface area contributed by atoms with Crippen molar-refractivity contribution in [3.63, 3.8) is 0 Å². The number of hydrogen-bond donors (Lipinski definition) is 2. The van der Waals surface area contributed by atoms with Gasteiger partial charge in [0.15, 0.2) is 0 Å². The van der Waals surface area contributed by atoms with E-state index in [0.29, 0.717) is 6.04 Å². The highest BCUT2D eigenvalue weighted by Gasteiger charge is 2.12. The van der Waals surface area contributed by atoms with Crippen LogP contribution in [0, 0.1) is 0 Å². The van der Waals surface area contributed by atoms with Crippen LogP contribution >= 0.6 is 0 Å². The average Bonchev–Trinajstić information content (AvgIpc) is 2.67. The van der Waals surface area contributed by atoms with Crippen molar-refractivity contribution >= 4 is 16.9 Å². The van der Waals surface area contributed by atoms with Gasteiger partial charge < -0.3 is 10.6 Å². The SMILES string of the molecule is c1ccc2nc(NC3CCCNCC3)cnc2c1. The maximum Gasteiger partial charge on any atom is 0.145 e. The summed E-state index contributed by atoms with van der Waals surface area (Å²) in [7, 11) is 0. The number of para-hydroxylation sites is 2. The van der Waals surface area contributed by atoms with E-state index in [9.17, 15) is 0 Å². The van der Waals surface area contributed by atoms with Crippen LogP contribution in [-0.4, -0.2) is 29.1 Å². The van der Waals surface area contributed by atoms with Crippen LogP contribution in [0.2, 0.25) is 0 Å². The number of fused-ring (bicyclic) bond motifs is 1. The summed E-state index contributed by atoms with van der Waals surface area (Å²) in [4.78, 5) is 9.04. The van der Waals surface area contributed by atoms with Crippen molar-refractivity contribution in [2.45, 2.75) is 25.3 Å². The lowest BCUT2D eigenvalue weighted by atomic mass is 10.1. The Labute approximate surface area is 107 Å². The zero-order valence-corrected chi connectivity index (χ0v) is 10.4. The van der Waals surface area contributed by atoms with Crippen LogP contribution in [0.25, 0.3) is 11.0 Å². The van der Waals surface area contributed by atoms with E-state index in [1.165, 1.54) is 12.8 Å². The number of nitrogens with zero attached hydrogens (tertiary/aromatic N) is 2. The fourth-order valence-corrected chi connectivity index (χ4v) is 2.40. The molecule has 94 valence electrons. The number of rotatable bonds is 2.